The van der Waals surface area contributed by atoms with Gasteiger partial charge < -0.3 is 4.90 Å². The molecule has 0 atom stereocenters. The molecule has 3 rings (SSSR count). The van der Waals surface area contributed by atoms with E-state index in [1.54, 1.807) is 17.6 Å². The summed E-state index contributed by atoms with van der Waals surface area (Å²) in [6.07, 6.45) is 3.83. The first-order chi connectivity index (χ1) is 10.7. The molecule has 6 heteroatoms. The van der Waals surface area contributed by atoms with Crippen molar-refractivity contribution in [2.45, 2.75) is 12.8 Å². The normalized spacial score (nSPS) is 14.1. The van der Waals surface area contributed by atoms with Crippen molar-refractivity contribution >= 4 is 45.1 Å². The number of rotatable bonds is 4. The Labute approximate surface area is 142 Å². The molecule has 0 saturated carbocycles. The van der Waals surface area contributed by atoms with E-state index in [4.69, 9.17) is 0 Å². The summed E-state index contributed by atoms with van der Waals surface area (Å²) in [6, 6.07) is 12.2. The Morgan fingerprint density at radius 2 is 2.23 bits per heavy atom. The summed E-state index contributed by atoms with van der Waals surface area (Å²) < 4.78 is 1.05. The van der Waals surface area contributed by atoms with Gasteiger partial charge in [-0.15, -0.1) is 11.3 Å². The number of para-hydroxylation sites is 1. The summed E-state index contributed by atoms with van der Waals surface area (Å²) in [5.41, 5.74) is 5.07. The Kier molecular flexibility index (Phi) is 4.90. The number of halogens is 1. The molecule has 0 fully saturated rings. The number of nitrogens with one attached hydrogen (secondary N) is 1. The maximum absolute atomic E-state index is 12.0. The molecule has 2 heterocycles. The minimum Gasteiger partial charge on any atom is -0.362 e. The van der Waals surface area contributed by atoms with Gasteiger partial charge in [-0.3, -0.25) is 4.79 Å². The molecule has 0 radical (unpaired) electrons. The smallest absolute Gasteiger partial charge is 0.259 e. The lowest BCUT2D eigenvalue weighted by Gasteiger charge is -2.30. The summed E-state index contributed by atoms with van der Waals surface area (Å²) in [5, 5.41) is 4.01. The first-order valence-corrected chi connectivity index (χ1v) is 8.73. The van der Waals surface area contributed by atoms with Crippen LogP contribution in [0.25, 0.3) is 0 Å². The average molecular weight is 378 g/mol. The van der Waals surface area contributed by atoms with Gasteiger partial charge in [0.2, 0.25) is 0 Å². The van der Waals surface area contributed by atoms with Crippen molar-refractivity contribution < 1.29 is 4.79 Å². The molecule has 0 saturated heterocycles. The zero-order chi connectivity index (χ0) is 15.4. The highest BCUT2D eigenvalue weighted by Gasteiger charge is 2.18. The number of carbonyl (C=O) groups is 1. The molecule has 0 spiro atoms. The maximum atomic E-state index is 12.0. The predicted octanol–water partition coefficient (Wildman–Crippen LogP) is 3.41. The Morgan fingerprint density at radius 1 is 1.36 bits per heavy atom. The number of carbonyl (C=O) groups excluding carboxylic acids is 1. The van der Waals surface area contributed by atoms with Crippen molar-refractivity contribution in [2.24, 2.45) is 5.10 Å². The van der Waals surface area contributed by atoms with Crippen LogP contribution < -0.4 is 10.3 Å². The van der Waals surface area contributed by atoms with Crippen LogP contribution in [0, 0.1) is 0 Å². The molecular formula is C16H16BrN3OS. The number of aryl methyl sites for hydroxylation is 1. The van der Waals surface area contributed by atoms with Gasteiger partial charge in [-0.1, -0.05) is 18.2 Å². The maximum Gasteiger partial charge on any atom is 0.259 e. The van der Waals surface area contributed by atoms with Crippen LogP contribution in [-0.2, 0) is 11.2 Å². The number of thiophene rings is 1. The number of amides is 1. The minimum atomic E-state index is -0.0939. The van der Waals surface area contributed by atoms with E-state index in [2.05, 4.69) is 43.5 Å². The van der Waals surface area contributed by atoms with Crippen molar-refractivity contribution in [1.29, 1.82) is 0 Å². The van der Waals surface area contributed by atoms with Crippen LogP contribution in [0.2, 0.25) is 0 Å². The number of anilines is 1. The highest BCUT2D eigenvalue weighted by atomic mass is 79.9. The van der Waals surface area contributed by atoms with Gasteiger partial charge in [0.25, 0.3) is 5.91 Å². The Bertz CT molecular complexity index is 698. The Balaban J connectivity index is 1.57. The second-order valence-corrected chi connectivity index (χ2v) is 7.58. The molecule has 0 bridgehead atoms. The van der Waals surface area contributed by atoms with E-state index in [1.165, 1.54) is 5.56 Å². The van der Waals surface area contributed by atoms with E-state index in [1.807, 2.05) is 24.3 Å². The number of benzene rings is 1. The Morgan fingerprint density at radius 3 is 3.05 bits per heavy atom. The van der Waals surface area contributed by atoms with E-state index >= 15 is 0 Å². The molecule has 1 N–H and O–H groups in total. The monoisotopic (exact) mass is 377 g/mol. The Hall–Kier alpha value is -1.66. The predicted molar refractivity (Wildman–Crippen MR) is 94.7 cm³/mol. The lowest BCUT2D eigenvalue weighted by Crippen LogP contribution is -2.38. The highest BCUT2D eigenvalue weighted by molar-refractivity contribution is 9.11. The van der Waals surface area contributed by atoms with Gasteiger partial charge in [-0.2, -0.15) is 5.10 Å². The van der Waals surface area contributed by atoms with Gasteiger partial charge >= 0.3 is 0 Å². The molecule has 4 nitrogen and oxygen atoms in total. The minimum absolute atomic E-state index is 0.0939. The SMILES string of the molecule is O=C(CN1CCCc2ccccc21)N/N=C\c1ccc(Br)s1. The van der Waals surface area contributed by atoms with Crippen LogP contribution in [0.1, 0.15) is 16.9 Å². The topological polar surface area (TPSA) is 44.7 Å². The number of hydrazone groups is 1. The van der Waals surface area contributed by atoms with Crippen LogP contribution in [0.3, 0.4) is 0 Å². The molecule has 0 unspecified atom stereocenters. The molecule has 0 aliphatic carbocycles. The number of nitrogens with zero attached hydrogens (tertiary/aromatic N) is 2. The summed E-state index contributed by atoms with van der Waals surface area (Å²) in [4.78, 5) is 15.2. The van der Waals surface area contributed by atoms with E-state index in [-0.39, 0.29) is 5.91 Å². The first kappa shape index (κ1) is 15.2. The summed E-state index contributed by atoms with van der Waals surface area (Å²) in [5.74, 6) is -0.0939. The van der Waals surface area contributed by atoms with Crippen molar-refractivity contribution in [3.63, 3.8) is 0 Å². The molecule has 1 aromatic carbocycles. The van der Waals surface area contributed by atoms with E-state index in [0.29, 0.717) is 6.54 Å². The summed E-state index contributed by atoms with van der Waals surface area (Å²) in [7, 11) is 0. The van der Waals surface area contributed by atoms with Crippen molar-refractivity contribution in [1.82, 2.24) is 5.43 Å². The van der Waals surface area contributed by atoms with Crippen LogP contribution >= 0.6 is 27.3 Å². The van der Waals surface area contributed by atoms with Crippen LogP contribution in [0.4, 0.5) is 5.69 Å². The van der Waals surface area contributed by atoms with E-state index in [0.717, 1.165) is 33.7 Å². The molecule has 22 heavy (non-hydrogen) atoms. The fraction of sp³-hybridized carbons (Fsp3) is 0.250. The standard InChI is InChI=1S/C16H16BrN3OS/c17-15-8-7-13(22-15)10-18-19-16(21)11-20-9-3-5-12-4-1-2-6-14(12)20/h1-2,4,6-8,10H,3,5,9,11H2,(H,19,21)/b18-10-. The van der Waals surface area contributed by atoms with Crippen LogP contribution in [-0.4, -0.2) is 25.2 Å². The third kappa shape index (κ3) is 3.75. The van der Waals surface area contributed by atoms with Gasteiger partial charge in [0.1, 0.15) is 0 Å². The largest absolute Gasteiger partial charge is 0.362 e. The molecule has 1 amide bonds. The van der Waals surface area contributed by atoms with Crippen LogP contribution in [0.15, 0.2) is 45.3 Å². The fourth-order valence-corrected chi connectivity index (χ4v) is 3.85. The molecule has 114 valence electrons. The molecule has 1 aromatic heterocycles. The quantitative estimate of drug-likeness (QED) is 0.655. The van der Waals surface area contributed by atoms with Gasteiger partial charge in [0.05, 0.1) is 16.5 Å². The van der Waals surface area contributed by atoms with E-state index < -0.39 is 0 Å². The first-order valence-electron chi connectivity index (χ1n) is 7.12. The molecule has 1 aliphatic rings. The third-order valence-corrected chi connectivity index (χ3v) is 5.07. The van der Waals surface area contributed by atoms with Gasteiger partial charge in [0.15, 0.2) is 0 Å². The van der Waals surface area contributed by atoms with Gasteiger partial charge in [0, 0.05) is 17.1 Å². The number of hydrogen-bond acceptors (Lipinski definition) is 4. The van der Waals surface area contributed by atoms with E-state index in [9.17, 15) is 4.79 Å². The molecule has 2 aromatic rings. The summed E-state index contributed by atoms with van der Waals surface area (Å²) in [6.45, 7) is 1.24. The zero-order valence-corrected chi connectivity index (χ0v) is 14.4. The second-order valence-electron chi connectivity index (χ2n) is 5.09. The summed E-state index contributed by atoms with van der Waals surface area (Å²) >= 11 is 4.97. The van der Waals surface area contributed by atoms with Crippen LogP contribution in [0.5, 0.6) is 0 Å². The second kappa shape index (κ2) is 7.07. The van der Waals surface area contributed by atoms with Gasteiger partial charge in [-0.25, -0.2) is 5.43 Å². The highest BCUT2D eigenvalue weighted by Crippen LogP contribution is 2.26. The number of fused-ring (bicyclic) bond motifs is 1. The molecule has 1 aliphatic heterocycles. The average Bonchev–Trinajstić information content (AvgIpc) is 2.93. The lowest BCUT2D eigenvalue weighted by atomic mass is 10.0. The zero-order valence-electron chi connectivity index (χ0n) is 12.0. The van der Waals surface area contributed by atoms with Crippen molar-refractivity contribution in [3.05, 3.63) is 50.6 Å². The lowest BCUT2D eigenvalue weighted by molar-refractivity contribution is -0.119. The number of hydrogen-bond donors (Lipinski definition) is 1. The van der Waals surface area contributed by atoms with Gasteiger partial charge in [-0.05, 0) is 52.5 Å². The fourth-order valence-electron chi connectivity index (χ4n) is 2.55. The third-order valence-electron chi connectivity index (χ3n) is 3.52. The molecular weight excluding hydrogens is 362 g/mol. The van der Waals surface area contributed by atoms with Crippen molar-refractivity contribution in [2.75, 3.05) is 18.0 Å². The van der Waals surface area contributed by atoms with Crippen molar-refractivity contribution in [3.8, 4) is 0 Å².